The second-order valence-electron chi connectivity index (χ2n) is 8.51. The minimum Gasteiger partial charge on any atom is -0.497 e. The topological polar surface area (TPSA) is 85.4 Å². The average Bonchev–Trinajstić information content (AvgIpc) is 3.18. The highest BCUT2D eigenvalue weighted by Crippen LogP contribution is 2.51. The Hall–Kier alpha value is -2.88. The number of β-lactam (4-membered cyclic amide) rings is 1. The highest BCUT2D eigenvalue weighted by atomic mass is 35.5. The van der Waals surface area contributed by atoms with E-state index in [-0.39, 0.29) is 36.2 Å². The van der Waals surface area contributed by atoms with Gasteiger partial charge in [0, 0.05) is 11.3 Å². The molecule has 1 saturated heterocycles. The molecule has 0 bridgehead atoms. The maximum Gasteiger partial charge on any atom is 0.264 e. The van der Waals surface area contributed by atoms with Crippen LogP contribution in [-0.2, 0) is 4.79 Å². The third-order valence-electron chi connectivity index (χ3n) is 6.65. The van der Waals surface area contributed by atoms with Crippen molar-refractivity contribution in [1.29, 1.82) is 0 Å². The van der Waals surface area contributed by atoms with Gasteiger partial charge in [-0.2, -0.15) is 0 Å². The van der Waals surface area contributed by atoms with Gasteiger partial charge in [-0.15, -0.1) is 0 Å². The van der Waals surface area contributed by atoms with Crippen molar-refractivity contribution in [2.24, 2.45) is 0 Å². The zero-order chi connectivity index (χ0) is 28.3. The molecule has 0 aromatic heterocycles. The fourth-order valence-corrected chi connectivity index (χ4v) is 6.08. The van der Waals surface area contributed by atoms with Gasteiger partial charge in [0.2, 0.25) is 0 Å². The zero-order valence-corrected chi connectivity index (χ0v) is 24.1. The minimum absolute atomic E-state index is 0.175. The number of methoxy groups -OCH3 is 3. The van der Waals surface area contributed by atoms with Gasteiger partial charge in [0.25, 0.3) is 17.7 Å². The largest absolute Gasteiger partial charge is 0.497 e. The summed E-state index contributed by atoms with van der Waals surface area (Å²) in [7, 11) is 4.41. The van der Waals surface area contributed by atoms with Crippen molar-refractivity contribution in [1.82, 2.24) is 4.90 Å². The molecule has 8 nitrogen and oxygen atoms in total. The zero-order valence-electron chi connectivity index (χ0n) is 20.4. The second-order valence-corrected chi connectivity index (χ2v) is 10.4. The molecule has 0 N–H and O–H groups in total. The van der Waals surface area contributed by atoms with Gasteiger partial charge in [-0.1, -0.05) is 58.0 Å². The predicted octanol–water partition coefficient (Wildman–Crippen LogP) is 6.73. The van der Waals surface area contributed by atoms with E-state index in [0.29, 0.717) is 28.5 Å². The molecular weight excluding hydrogens is 614 g/mol. The van der Waals surface area contributed by atoms with E-state index in [1.807, 2.05) is 0 Å². The number of anilines is 1. The first-order valence-electron chi connectivity index (χ1n) is 11.2. The number of imide groups is 1. The Kier molecular flexibility index (Phi) is 7.28. The van der Waals surface area contributed by atoms with E-state index in [2.05, 4.69) is 0 Å². The standard InChI is InChI=1S/C26H17Cl5N2O6/c1-37-11-5-7-14(38-2)12(9-11)22-23(26(36)32(22)10-4-6-15(39-3)13(27)8-10)33-24(34)16-17(25(33)35)19(29)21(31)20(30)18(16)28/h4-9,22-23H,1-3H3. The number of carbonyl (C=O) groups excluding carboxylic acids is 3. The van der Waals surface area contributed by atoms with Crippen LogP contribution in [0.1, 0.15) is 32.3 Å². The van der Waals surface area contributed by atoms with E-state index in [0.717, 1.165) is 4.90 Å². The number of benzene rings is 3. The quantitative estimate of drug-likeness (QED) is 0.130. The summed E-state index contributed by atoms with van der Waals surface area (Å²) >= 11 is 31.3. The Bertz CT molecular complexity index is 1530. The first-order valence-corrected chi connectivity index (χ1v) is 13.1. The van der Waals surface area contributed by atoms with Crippen molar-refractivity contribution in [3.63, 3.8) is 0 Å². The first-order chi connectivity index (χ1) is 18.6. The Labute approximate surface area is 247 Å². The SMILES string of the molecule is COc1ccc(OC)c(C2C(N3C(=O)c4c(Cl)c(Cl)c(Cl)c(Cl)c4C3=O)C(=O)N2c2ccc(OC)c(Cl)c2)c1. The van der Waals surface area contributed by atoms with Crippen molar-refractivity contribution in [3.8, 4) is 17.2 Å². The van der Waals surface area contributed by atoms with Crippen LogP contribution in [0.15, 0.2) is 36.4 Å². The van der Waals surface area contributed by atoms with Crippen LogP contribution >= 0.6 is 58.0 Å². The second kappa shape index (κ2) is 10.3. The van der Waals surface area contributed by atoms with Crippen LogP contribution in [0.5, 0.6) is 17.2 Å². The van der Waals surface area contributed by atoms with Gasteiger partial charge in [0.15, 0.2) is 0 Å². The van der Waals surface area contributed by atoms with Crippen LogP contribution in [0.25, 0.3) is 0 Å². The van der Waals surface area contributed by atoms with Gasteiger partial charge in [0.1, 0.15) is 23.3 Å². The minimum atomic E-state index is -1.30. The van der Waals surface area contributed by atoms with Crippen LogP contribution in [0.4, 0.5) is 5.69 Å². The Balaban J connectivity index is 1.68. The molecule has 3 aromatic rings. The van der Waals surface area contributed by atoms with Gasteiger partial charge in [-0.05, 0) is 36.4 Å². The lowest BCUT2D eigenvalue weighted by molar-refractivity contribution is -0.130. The average molecular weight is 631 g/mol. The fraction of sp³-hybridized carbons (Fsp3) is 0.192. The number of rotatable bonds is 6. The molecule has 3 aromatic carbocycles. The predicted molar refractivity (Wildman–Crippen MR) is 149 cm³/mol. The van der Waals surface area contributed by atoms with Crippen molar-refractivity contribution >= 4 is 81.4 Å². The number of hydrogen-bond acceptors (Lipinski definition) is 6. The molecule has 2 atom stereocenters. The number of amides is 3. The highest BCUT2D eigenvalue weighted by Gasteiger charge is 2.59. The maximum atomic E-state index is 13.8. The number of ether oxygens (including phenoxy) is 3. The number of nitrogens with zero attached hydrogens (tertiary/aromatic N) is 2. The summed E-state index contributed by atoms with van der Waals surface area (Å²) < 4.78 is 16.2. The third kappa shape index (κ3) is 4.08. The molecule has 202 valence electrons. The summed E-state index contributed by atoms with van der Waals surface area (Å²) in [5, 5.41) is -0.562. The molecule has 5 rings (SSSR count). The van der Waals surface area contributed by atoms with Crippen LogP contribution < -0.4 is 19.1 Å². The maximum absolute atomic E-state index is 13.8. The van der Waals surface area contributed by atoms with E-state index >= 15 is 0 Å². The molecule has 1 fully saturated rings. The normalized spacial score (nSPS) is 18.3. The molecule has 39 heavy (non-hydrogen) atoms. The number of halogens is 5. The van der Waals surface area contributed by atoms with Crippen molar-refractivity contribution < 1.29 is 28.6 Å². The molecule has 0 spiro atoms. The number of hydrogen-bond donors (Lipinski definition) is 0. The lowest BCUT2D eigenvalue weighted by atomic mass is 9.85. The lowest BCUT2D eigenvalue weighted by Crippen LogP contribution is -2.67. The Morgan fingerprint density at radius 3 is 1.72 bits per heavy atom. The van der Waals surface area contributed by atoms with Gasteiger partial charge < -0.3 is 19.1 Å². The van der Waals surface area contributed by atoms with Gasteiger partial charge in [-0.25, -0.2) is 0 Å². The monoisotopic (exact) mass is 628 g/mol. The van der Waals surface area contributed by atoms with E-state index in [9.17, 15) is 14.4 Å². The van der Waals surface area contributed by atoms with Crippen molar-refractivity contribution in [3.05, 3.63) is 78.2 Å². The lowest BCUT2D eigenvalue weighted by Gasteiger charge is -2.50. The summed E-state index contributed by atoms with van der Waals surface area (Å²) in [6.07, 6.45) is 0. The van der Waals surface area contributed by atoms with Crippen LogP contribution in [0.3, 0.4) is 0 Å². The molecule has 2 aliphatic heterocycles. The summed E-state index contributed by atoms with van der Waals surface area (Å²) in [5.74, 6) is -0.981. The smallest absolute Gasteiger partial charge is 0.264 e. The highest BCUT2D eigenvalue weighted by molar-refractivity contribution is 6.55. The number of fused-ring (bicyclic) bond motifs is 1. The number of carbonyl (C=O) groups is 3. The van der Waals surface area contributed by atoms with Crippen LogP contribution in [-0.4, -0.2) is 50.0 Å². The summed E-state index contributed by atoms with van der Waals surface area (Å²) in [6.45, 7) is 0. The molecule has 2 aliphatic rings. The summed E-state index contributed by atoms with van der Waals surface area (Å²) in [4.78, 5) is 43.3. The summed E-state index contributed by atoms with van der Waals surface area (Å²) in [5.41, 5.74) is 0.418. The van der Waals surface area contributed by atoms with E-state index < -0.39 is 29.8 Å². The van der Waals surface area contributed by atoms with Gasteiger partial charge in [-0.3, -0.25) is 19.3 Å². The van der Waals surface area contributed by atoms with Crippen LogP contribution in [0, 0.1) is 0 Å². The van der Waals surface area contributed by atoms with Gasteiger partial charge in [0.05, 0.1) is 63.6 Å². The molecule has 3 amide bonds. The Morgan fingerprint density at radius 1 is 0.641 bits per heavy atom. The van der Waals surface area contributed by atoms with E-state index in [1.54, 1.807) is 36.4 Å². The third-order valence-corrected chi connectivity index (χ3v) is 8.74. The molecule has 0 radical (unpaired) electrons. The van der Waals surface area contributed by atoms with Crippen molar-refractivity contribution in [2.45, 2.75) is 12.1 Å². The molecular formula is C26H17Cl5N2O6. The summed E-state index contributed by atoms with van der Waals surface area (Å²) in [6, 6.07) is 7.57. The molecule has 2 unspecified atom stereocenters. The molecule has 13 heteroatoms. The Morgan fingerprint density at radius 2 is 1.21 bits per heavy atom. The van der Waals surface area contributed by atoms with Crippen molar-refractivity contribution in [2.75, 3.05) is 26.2 Å². The van der Waals surface area contributed by atoms with E-state index in [4.69, 9.17) is 72.2 Å². The molecule has 0 saturated carbocycles. The van der Waals surface area contributed by atoms with E-state index in [1.165, 1.54) is 26.2 Å². The fourth-order valence-electron chi connectivity index (χ4n) is 4.82. The first kappa shape index (κ1) is 27.7. The van der Waals surface area contributed by atoms with Crippen LogP contribution in [0.2, 0.25) is 25.1 Å². The van der Waals surface area contributed by atoms with Gasteiger partial charge >= 0.3 is 0 Å². The molecule has 2 heterocycles. The molecule has 0 aliphatic carbocycles.